The van der Waals surface area contributed by atoms with Gasteiger partial charge in [-0.2, -0.15) is 0 Å². The quantitative estimate of drug-likeness (QED) is 0.790. The van der Waals surface area contributed by atoms with Crippen molar-refractivity contribution in [2.75, 3.05) is 5.32 Å². The predicted octanol–water partition coefficient (Wildman–Crippen LogP) is 2.34. The van der Waals surface area contributed by atoms with Gasteiger partial charge in [-0.05, 0) is 36.8 Å². The van der Waals surface area contributed by atoms with Crippen LogP contribution in [0.1, 0.15) is 37.2 Å². The Bertz CT molecular complexity index is 501. The highest BCUT2D eigenvalue weighted by Gasteiger charge is 2.30. The summed E-state index contributed by atoms with van der Waals surface area (Å²) >= 11 is 0. The van der Waals surface area contributed by atoms with Crippen molar-refractivity contribution in [2.45, 2.75) is 32.7 Å². The van der Waals surface area contributed by atoms with Gasteiger partial charge in [0, 0.05) is 6.04 Å². The smallest absolute Gasteiger partial charge is 0.354 e. The molecule has 1 aromatic heterocycles. The lowest BCUT2D eigenvalue weighted by Gasteiger charge is -2.19. The van der Waals surface area contributed by atoms with Crippen LogP contribution in [0.15, 0.2) is 18.3 Å². The van der Waals surface area contributed by atoms with Gasteiger partial charge in [0.2, 0.25) is 0 Å². The number of anilines is 1. The Morgan fingerprint density at radius 1 is 1.30 bits per heavy atom. The molecular formula is C14H19N3O3. The van der Waals surface area contributed by atoms with Crippen LogP contribution in [-0.2, 0) is 0 Å². The van der Waals surface area contributed by atoms with E-state index in [1.54, 1.807) is 0 Å². The molecule has 6 heteroatoms. The Kier molecular flexibility index (Phi) is 4.22. The Labute approximate surface area is 117 Å². The van der Waals surface area contributed by atoms with Gasteiger partial charge in [-0.25, -0.2) is 14.6 Å². The highest BCUT2D eigenvalue weighted by atomic mass is 16.4. The maximum Gasteiger partial charge on any atom is 0.354 e. The van der Waals surface area contributed by atoms with Gasteiger partial charge >= 0.3 is 12.0 Å². The molecule has 0 radical (unpaired) electrons. The summed E-state index contributed by atoms with van der Waals surface area (Å²) < 4.78 is 0. The third-order valence-electron chi connectivity index (χ3n) is 4.02. The lowest BCUT2D eigenvalue weighted by Crippen LogP contribution is -2.40. The van der Waals surface area contributed by atoms with E-state index in [0.29, 0.717) is 17.5 Å². The Balaban J connectivity index is 1.90. The summed E-state index contributed by atoms with van der Waals surface area (Å²) in [6, 6.07) is 2.80. The molecule has 2 amide bonds. The maximum absolute atomic E-state index is 11.9. The number of urea groups is 1. The normalized spacial score (nSPS) is 25.2. The van der Waals surface area contributed by atoms with Crippen LogP contribution in [0.2, 0.25) is 0 Å². The van der Waals surface area contributed by atoms with Gasteiger partial charge in [-0.3, -0.25) is 0 Å². The molecule has 0 aromatic carbocycles. The summed E-state index contributed by atoms with van der Waals surface area (Å²) in [5.74, 6) is -0.000141. The third kappa shape index (κ3) is 3.26. The van der Waals surface area contributed by atoms with E-state index >= 15 is 0 Å². The van der Waals surface area contributed by atoms with E-state index in [1.165, 1.54) is 18.3 Å². The van der Waals surface area contributed by atoms with E-state index in [1.807, 2.05) is 0 Å². The molecule has 1 aliphatic carbocycles. The van der Waals surface area contributed by atoms with Crippen molar-refractivity contribution in [2.24, 2.45) is 11.8 Å². The van der Waals surface area contributed by atoms with Crippen molar-refractivity contribution < 1.29 is 14.7 Å². The van der Waals surface area contributed by atoms with Crippen LogP contribution in [-0.4, -0.2) is 28.1 Å². The number of nitrogens with zero attached hydrogens (tertiary/aromatic N) is 1. The molecule has 3 atom stereocenters. The largest absolute Gasteiger partial charge is 0.477 e. The van der Waals surface area contributed by atoms with Crippen LogP contribution in [0.3, 0.4) is 0 Å². The van der Waals surface area contributed by atoms with Crippen LogP contribution < -0.4 is 10.6 Å². The number of amides is 2. The number of carboxylic acid groups (broad SMARTS) is 1. The number of aromatic carboxylic acids is 1. The van der Waals surface area contributed by atoms with Crippen molar-refractivity contribution in [3.05, 3.63) is 24.0 Å². The minimum atomic E-state index is -1.09. The third-order valence-corrected chi connectivity index (χ3v) is 4.02. The molecule has 1 aliphatic rings. The number of aromatic nitrogens is 1. The minimum absolute atomic E-state index is 0.0470. The van der Waals surface area contributed by atoms with Gasteiger partial charge in [0.25, 0.3) is 0 Å². The monoisotopic (exact) mass is 277 g/mol. The second-order valence-corrected chi connectivity index (χ2v) is 5.36. The number of hydrogen-bond donors (Lipinski definition) is 3. The molecule has 6 nitrogen and oxygen atoms in total. The topological polar surface area (TPSA) is 91.3 Å². The van der Waals surface area contributed by atoms with Crippen molar-refractivity contribution >= 4 is 17.7 Å². The summed E-state index contributed by atoms with van der Waals surface area (Å²) in [6.07, 6.45) is 3.46. The average Bonchev–Trinajstić information content (AvgIpc) is 2.71. The molecule has 1 saturated carbocycles. The fourth-order valence-electron chi connectivity index (χ4n) is 2.50. The second-order valence-electron chi connectivity index (χ2n) is 5.36. The molecule has 0 aliphatic heterocycles. The highest BCUT2D eigenvalue weighted by molar-refractivity contribution is 5.90. The van der Waals surface area contributed by atoms with E-state index in [4.69, 9.17) is 5.11 Å². The van der Waals surface area contributed by atoms with Gasteiger partial charge in [-0.1, -0.05) is 13.8 Å². The zero-order valence-electron chi connectivity index (χ0n) is 11.6. The first kappa shape index (κ1) is 14.3. The summed E-state index contributed by atoms with van der Waals surface area (Å²) in [5.41, 5.74) is 0.431. The van der Waals surface area contributed by atoms with Gasteiger partial charge in [0.15, 0.2) is 0 Å². The molecular weight excluding hydrogens is 258 g/mol. The van der Waals surface area contributed by atoms with Crippen LogP contribution in [0.4, 0.5) is 10.5 Å². The van der Waals surface area contributed by atoms with Gasteiger partial charge in [-0.15, -0.1) is 0 Å². The summed E-state index contributed by atoms with van der Waals surface area (Å²) in [7, 11) is 0. The molecule has 2 rings (SSSR count). The molecule has 0 spiro atoms. The van der Waals surface area contributed by atoms with E-state index in [9.17, 15) is 9.59 Å². The molecule has 1 heterocycles. The highest BCUT2D eigenvalue weighted by Crippen LogP contribution is 2.31. The summed E-state index contributed by atoms with van der Waals surface area (Å²) in [4.78, 5) is 26.3. The SMILES string of the molecule is CC1CCC(NC(=O)Nc2ccc(C(=O)O)nc2)C1C. The van der Waals surface area contributed by atoms with E-state index in [2.05, 4.69) is 29.5 Å². The van der Waals surface area contributed by atoms with Crippen molar-refractivity contribution in [1.82, 2.24) is 10.3 Å². The number of carbonyl (C=O) groups is 2. The number of rotatable bonds is 3. The molecule has 20 heavy (non-hydrogen) atoms. The maximum atomic E-state index is 11.9. The fourth-order valence-corrected chi connectivity index (χ4v) is 2.50. The molecule has 3 unspecified atom stereocenters. The molecule has 1 fully saturated rings. The number of nitrogens with one attached hydrogen (secondary N) is 2. The Hall–Kier alpha value is -2.11. The van der Waals surface area contributed by atoms with Crippen molar-refractivity contribution in [1.29, 1.82) is 0 Å². The molecule has 1 aromatic rings. The number of carboxylic acids is 1. The average molecular weight is 277 g/mol. The van der Waals surface area contributed by atoms with Crippen molar-refractivity contribution in [3.63, 3.8) is 0 Å². The zero-order valence-corrected chi connectivity index (χ0v) is 11.6. The van der Waals surface area contributed by atoms with Crippen LogP contribution in [0, 0.1) is 11.8 Å². The van der Waals surface area contributed by atoms with E-state index in [-0.39, 0.29) is 17.8 Å². The number of hydrogen-bond acceptors (Lipinski definition) is 3. The lowest BCUT2D eigenvalue weighted by molar-refractivity contribution is 0.0690. The van der Waals surface area contributed by atoms with E-state index in [0.717, 1.165) is 12.8 Å². The first-order valence-electron chi connectivity index (χ1n) is 6.74. The molecule has 108 valence electrons. The Morgan fingerprint density at radius 2 is 2.05 bits per heavy atom. The van der Waals surface area contributed by atoms with Gasteiger partial charge in [0.05, 0.1) is 11.9 Å². The molecule has 3 N–H and O–H groups in total. The second kappa shape index (κ2) is 5.90. The molecule has 0 saturated heterocycles. The van der Waals surface area contributed by atoms with Crippen molar-refractivity contribution in [3.8, 4) is 0 Å². The lowest BCUT2D eigenvalue weighted by atomic mass is 9.98. The Morgan fingerprint density at radius 3 is 2.55 bits per heavy atom. The van der Waals surface area contributed by atoms with Gasteiger partial charge in [0.1, 0.15) is 5.69 Å². The predicted molar refractivity (Wildman–Crippen MR) is 74.7 cm³/mol. The molecule has 0 bridgehead atoms. The first-order chi connectivity index (χ1) is 9.47. The van der Waals surface area contributed by atoms with E-state index < -0.39 is 5.97 Å². The number of carbonyl (C=O) groups excluding carboxylic acids is 1. The number of pyridine rings is 1. The first-order valence-corrected chi connectivity index (χ1v) is 6.74. The zero-order chi connectivity index (χ0) is 14.7. The standard InChI is InChI=1S/C14H19N3O3/c1-8-3-5-11(9(8)2)17-14(20)16-10-4-6-12(13(18)19)15-7-10/h4,6-9,11H,3,5H2,1-2H3,(H,18,19)(H2,16,17,20). The minimum Gasteiger partial charge on any atom is -0.477 e. The summed E-state index contributed by atoms with van der Waals surface area (Å²) in [5, 5.41) is 14.4. The van der Waals surface area contributed by atoms with Crippen LogP contribution >= 0.6 is 0 Å². The van der Waals surface area contributed by atoms with Crippen LogP contribution in [0.25, 0.3) is 0 Å². The van der Waals surface area contributed by atoms with Crippen LogP contribution in [0.5, 0.6) is 0 Å². The summed E-state index contributed by atoms with van der Waals surface area (Å²) in [6.45, 7) is 4.34. The van der Waals surface area contributed by atoms with Gasteiger partial charge < -0.3 is 15.7 Å². The fraction of sp³-hybridized carbons (Fsp3) is 0.500.